The van der Waals surface area contributed by atoms with Crippen LogP contribution in [0.2, 0.25) is 0 Å². The van der Waals surface area contributed by atoms with Gasteiger partial charge >= 0.3 is 0 Å². The molecule has 3 nitrogen and oxygen atoms in total. The van der Waals surface area contributed by atoms with Gasteiger partial charge in [-0.1, -0.05) is 13.0 Å². The molecule has 0 aromatic carbocycles. The first kappa shape index (κ1) is 13.5. The average molecular weight is 281 g/mol. The van der Waals surface area contributed by atoms with Crippen molar-refractivity contribution >= 4 is 27.8 Å². The SMILES string of the molecule is CCNCc1cnc(N(C)C(C)c2cccs2)s1. The van der Waals surface area contributed by atoms with Crippen molar-refractivity contribution in [3.8, 4) is 0 Å². The molecule has 0 saturated heterocycles. The van der Waals surface area contributed by atoms with Gasteiger partial charge in [0, 0.05) is 29.5 Å². The smallest absolute Gasteiger partial charge is 0.185 e. The zero-order valence-electron chi connectivity index (χ0n) is 11.0. The molecule has 0 aliphatic carbocycles. The minimum atomic E-state index is 0.378. The monoisotopic (exact) mass is 281 g/mol. The maximum atomic E-state index is 4.51. The van der Waals surface area contributed by atoms with Crippen LogP contribution in [0.3, 0.4) is 0 Å². The van der Waals surface area contributed by atoms with Gasteiger partial charge in [-0.3, -0.25) is 0 Å². The summed E-state index contributed by atoms with van der Waals surface area (Å²) in [6.45, 7) is 6.24. The molecule has 2 aromatic rings. The van der Waals surface area contributed by atoms with Crippen molar-refractivity contribution in [1.29, 1.82) is 0 Å². The van der Waals surface area contributed by atoms with Crippen LogP contribution in [-0.4, -0.2) is 18.6 Å². The lowest BCUT2D eigenvalue weighted by Crippen LogP contribution is -2.20. The molecule has 1 atom stereocenters. The molecule has 1 unspecified atom stereocenters. The topological polar surface area (TPSA) is 28.2 Å². The van der Waals surface area contributed by atoms with E-state index in [1.54, 1.807) is 22.7 Å². The van der Waals surface area contributed by atoms with Crippen LogP contribution < -0.4 is 10.2 Å². The molecule has 0 saturated carbocycles. The lowest BCUT2D eigenvalue weighted by atomic mass is 10.2. The van der Waals surface area contributed by atoms with Crippen molar-refractivity contribution in [2.75, 3.05) is 18.5 Å². The number of nitrogens with zero attached hydrogens (tertiary/aromatic N) is 2. The Morgan fingerprint density at radius 1 is 1.50 bits per heavy atom. The maximum Gasteiger partial charge on any atom is 0.185 e. The zero-order valence-corrected chi connectivity index (χ0v) is 12.6. The van der Waals surface area contributed by atoms with Crippen molar-refractivity contribution < 1.29 is 0 Å². The Morgan fingerprint density at radius 3 is 3.00 bits per heavy atom. The molecule has 0 amide bonds. The molecule has 2 aromatic heterocycles. The Balaban J connectivity index is 2.04. The van der Waals surface area contributed by atoms with E-state index in [1.807, 2.05) is 6.20 Å². The Hall–Kier alpha value is -0.910. The molecule has 18 heavy (non-hydrogen) atoms. The van der Waals surface area contributed by atoms with Gasteiger partial charge in [-0.05, 0) is 24.9 Å². The molecule has 5 heteroatoms. The summed E-state index contributed by atoms with van der Waals surface area (Å²) in [7, 11) is 2.11. The predicted octanol–water partition coefficient (Wildman–Crippen LogP) is 3.51. The lowest BCUT2D eigenvalue weighted by molar-refractivity contribution is 0.734. The van der Waals surface area contributed by atoms with Crippen LogP contribution in [0.25, 0.3) is 0 Å². The quantitative estimate of drug-likeness (QED) is 0.878. The fourth-order valence-corrected chi connectivity index (χ4v) is 3.42. The Kier molecular flexibility index (Phi) is 4.74. The molecule has 0 bridgehead atoms. The lowest BCUT2D eigenvalue weighted by Gasteiger charge is -2.23. The summed E-state index contributed by atoms with van der Waals surface area (Å²) in [6, 6.07) is 4.66. The summed E-state index contributed by atoms with van der Waals surface area (Å²) in [5, 5.41) is 6.54. The van der Waals surface area contributed by atoms with Gasteiger partial charge in [-0.25, -0.2) is 4.98 Å². The second-order valence-electron chi connectivity index (χ2n) is 4.19. The van der Waals surface area contributed by atoms with Crippen LogP contribution in [0, 0.1) is 0 Å². The fourth-order valence-electron chi connectivity index (χ4n) is 1.68. The maximum absolute atomic E-state index is 4.51. The number of nitrogens with one attached hydrogen (secondary N) is 1. The number of thiophene rings is 1. The average Bonchev–Trinajstić information content (AvgIpc) is 3.05. The van der Waals surface area contributed by atoms with E-state index in [0.29, 0.717) is 6.04 Å². The highest BCUT2D eigenvalue weighted by Crippen LogP contribution is 2.30. The van der Waals surface area contributed by atoms with Crippen molar-refractivity contribution in [1.82, 2.24) is 10.3 Å². The third-order valence-electron chi connectivity index (χ3n) is 2.93. The summed E-state index contributed by atoms with van der Waals surface area (Å²) in [5.74, 6) is 0. The van der Waals surface area contributed by atoms with Gasteiger partial charge in [-0.15, -0.1) is 22.7 Å². The fraction of sp³-hybridized carbons (Fsp3) is 0.462. The van der Waals surface area contributed by atoms with Gasteiger partial charge in [0.25, 0.3) is 0 Å². The van der Waals surface area contributed by atoms with E-state index in [1.165, 1.54) is 9.75 Å². The highest BCUT2D eigenvalue weighted by atomic mass is 32.1. The number of hydrogen-bond acceptors (Lipinski definition) is 5. The van der Waals surface area contributed by atoms with Crippen LogP contribution in [0.15, 0.2) is 23.7 Å². The summed E-state index contributed by atoms with van der Waals surface area (Å²) < 4.78 is 0. The first-order valence-electron chi connectivity index (χ1n) is 6.14. The number of aromatic nitrogens is 1. The molecule has 0 aliphatic heterocycles. The van der Waals surface area contributed by atoms with Gasteiger partial charge < -0.3 is 10.2 Å². The van der Waals surface area contributed by atoms with E-state index in [0.717, 1.165) is 18.2 Å². The molecule has 0 aliphatic rings. The normalized spacial score (nSPS) is 12.6. The van der Waals surface area contributed by atoms with Crippen LogP contribution in [0.5, 0.6) is 0 Å². The van der Waals surface area contributed by atoms with E-state index < -0.39 is 0 Å². The van der Waals surface area contributed by atoms with E-state index in [4.69, 9.17) is 0 Å². The second kappa shape index (κ2) is 6.31. The van der Waals surface area contributed by atoms with E-state index in [9.17, 15) is 0 Å². The minimum Gasteiger partial charge on any atom is -0.344 e. The number of hydrogen-bond donors (Lipinski definition) is 1. The van der Waals surface area contributed by atoms with Crippen molar-refractivity contribution in [3.05, 3.63) is 33.5 Å². The standard InChI is InChI=1S/C13H19N3S2/c1-4-14-8-11-9-15-13(18-11)16(3)10(2)12-6-5-7-17-12/h5-7,9-10,14H,4,8H2,1-3H3. The van der Waals surface area contributed by atoms with Gasteiger partial charge in [0.1, 0.15) is 0 Å². The number of rotatable bonds is 6. The second-order valence-corrected chi connectivity index (χ2v) is 6.26. The molecular formula is C13H19N3S2. The third-order valence-corrected chi connectivity index (χ3v) is 5.06. The number of anilines is 1. The van der Waals surface area contributed by atoms with Gasteiger partial charge in [0.05, 0.1) is 6.04 Å². The van der Waals surface area contributed by atoms with Crippen LogP contribution >= 0.6 is 22.7 Å². The van der Waals surface area contributed by atoms with E-state index in [2.05, 4.69) is 53.6 Å². The molecule has 2 heterocycles. The highest BCUT2D eigenvalue weighted by molar-refractivity contribution is 7.15. The molecule has 2 rings (SSSR count). The van der Waals surface area contributed by atoms with Gasteiger partial charge in [0.2, 0.25) is 0 Å². The molecule has 1 N–H and O–H groups in total. The van der Waals surface area contributed by atoms with E-state index in [-0.39, 0.29) is 0 Å². The van der Waals surface area contributed by atoms with Crippen LogP contribution in [0.4, 0.5) is 5.13 Å². The van der Waals surface area contributed by atoms with Crippen molar-refractivity contribution in [2.45, 2.75) is 26.4 Å². The minimum absolute atomic E-state index is 0.378. The predicted molar refractivity (Wildman–Crippen MR) is 80.6 cm³/mol. The summed E-state index contributed by atoms with van der Waals surface area (Å²) >= 11 is 3.56. The van der Waals surface area contributed by atoms with E-state index >= 15 is 0 Å². The first-order chi connectivity index (χ1) is 8.72. The zero-order chi connectivity index (χ0) is 13.0. The molecule has 0 spiro atoms. The van der Waals surface area contributed by atoms with Gasteiger partial charge in [-0.2, -0.15) is 0 Å². The molecular weight excluding hydrogens is 262 g/mol. The van der Waals surface area contributed by atoms with Crippen LogP contribution in [-0.2, 0) is 6.54 Å². The largest absolute Gasteiger partial charge is 0.344 e. The molecule has 0 fully saturated rings. The molecule has 0 radical (unpaired) electrons. The third kappa shape index (κ3) is 3.10. The highest BCUT2D eigenvalue weighted by Gasteiger charge is 2.15. The van der Waals surface area contributed by atoms with Crippen molar-refractivity contribution in [3.63, 3.8) is 0 Å². The Bertz CT molecular complexity index is 464. The Morgan fingerprint density at radius 2 is 2.33 bits per heavy atom. The molecule has 98 valence electrons. The van der Waals surface area contributed by atoms with Crippen LogP contribution in [0.1, 0.15) is 29.6 Å². The van der Waals surface area contributed by atoms with Crippen molar-refractivity contribution in [2.24, 2.45) is 0 Å². The first-order valence-corrected chi connectivity index (χ1v) is 7.83. The summed E-state index contributed by atoms with van der Waals surface area (Å²) in [4.78, 5) is 9.42. The summed E-state index contributed by atoms with van der Waals surface area (Å²) in [6.07, 6.45) is 1.97. The Labute approximate surface area is 116 Å². The number of thiazole rings is 1. The summed E-state index contributed by atoms with van der Waals surface area (Å²) in [5.41, 5.74) is 0. The van der Waals surface area contributed by atoms with Gasteiger partial charge in [0.15, 0.2) is 5.13 Å².